The van der Waals surface area contributed by atoms with Crippen LogP contribution in [0.1, 0.15) is 25.7 Å². The molecule has 112 valence electrons. The number of nitrogens with zero attached hydrogens (tertiary/aromatic N) is 2. The minimum absolute atomic E-state index is 0.0660. The number of nitrogens with one attached hydrogen (secondary N) is 1. The molecule has 20 heavy (non-hydrogen) atoms. The van der Waals surface area contributed by atoms with Gasteiger partial charge in [0.1, 0.15) is 0 Å². The number of anilines is 1. The zero-order valence-electron chi connectivity index (χ0n) is 11.3. The highest BCUT2D eigenvalue weighted by molar-refractivity contribution is 6.31. The Kier molecular flexibility index (Phi) is 5.10. The van der Waals surface area contributed by atoms with Crippen LogP contribution in [0.5, 0.6) is 0 Å². The normalized spacial score (nSPS) is 20.6. The van der Waals surface area contributed by atoms with Crippen LogP contribution in [0, 0.1) is 5.92 Å². The minimum Gasteiger partial charge on any atom is -0.379 e. The van der Waals surface area contributed by atoms with Crippen molar-refractivity contribution in [2.24, 2.45) is 5.92 Å². The summed E-state index contributed by atoms with van der Waals surface area (Å²) in [6.07, 6.45) is 3.72. The predicted octanol–water partition coefficient (Wildman–Crippen LogP) is 3.38. The maximum atomic E-state index is 13.2. The van der Waals surface area contributed by atoms with Gasteiger partial charge < -0.3 is 10.1 Å². The Morgan fingerprint density at radius 1 is 1.40 bits per heavy atom. The van der Waals surface area contributed by atoms with Gasteiger partial charge in [-0.1, -0.05) is 11.6 Å². The van der Waals surface area contributed by atoms with Gasteiger partial charge in [-0.3, -0.25) is 0 Å². The molecule has 1 N–H and O–H groups in total. The molecule has 4 nitrogen and oxygen atoms in total. The second-order valence-corrected chi connectivity index (χ2v) is 5.40. The summed E-state index contributed by atoms with van der Waals surface area (Å²) in [6, 6.07) is 0. The Labute approximate surface area is 121 Å². The van der Waals surface area contributed by atoms with E-state index in [1.54, 1.807) is 7.11 Å². The lowest BCUT2D eigenvalue weighted by Gasteiger charge is -2.33. The summed E-state index contributed by atoms with van der Waals surface area (Å²) in [7, 11) is 1.59. The Bertz CT molecular complexity index is 437. The SMILES string of the molecule is COC(CNc1nccnc1Cl)C1CCC(F)(F)CC1. The molecule has 1 saturated carbocycles. The average Bonchev–Trinajstić information content (AvgIpc) is 2.42. The van der Waals surface area contributed by atoms with E-state index in [-0.39, 0.29) is 30.0 Å². The van der Waals surface area contributed by atoms with Crippen LogP contribution < -0.4 is 5.32 Å². The first-order valence-electron chi connectivity index (χ1n) is 6.63. The third kappa shape index (κ3) is 3.99. The van der Waals surface area contributed by atoms with E-state index in [2.05, 4.69) is 15.3 Å². The molecule has 1 heterocycles. The van der Waals surface area contributed by atoms with E-state index in [0.717, 1.165) is 0 Å². The molecule has 0 aromatic carbocycles. The Morgan fingerprint density at radius 3 is 2.65 bits per heavy atom. The topological polar surface area (TPSA) is 47.0 Å². The highest BCUT2D eigenvalue weighted by Crippen LogP contribution is 2.38. The summed E-state index contributed by atoms with van der Waals surface area (Å²) >= 11 is 5.90. The number of alkyl halides is 2. The molecule has 0 spiro atoms. The van der Waals surface area contributed by atoms with Crippen molar-refractivity contribution in [1.29, 1.82) is 0 Å². The van der Waals surface area contributed by atoms with Gasteiger partial charge in [0.2, 0.25) is 5.92 Å². The summed E-state index contributed by atoms with van der Waals surface area (Å²) in [6.45, 7) is 0.477. The largest absolute Gasteiger partial charge is 0.379 e. The number of hydrogen-bond donors (Lipinski definition) is 1. The van der Waals surface area contributed by atoms with Crippen LogP contribution in [-0.4, -0.2) is 35.6 Å². The highest BCUT2D eigenvalue weighted by atomic mass is 35.5. The third-order valence-electron chi connectivity index (χ3n) is 3.71. The molecule has 1 atom stereocenters. The first kappa shape index (κ1) is 15.4. The molecular formula is C13H18ClF2N3O. The molecule has 0 bridgehead atoms. The molecule has 1 unspecified atom stereocenters. The van der Waals surface area contributed by atoms with Crippen molar-refractivity contribution in [1.82, 2.24) is 9.97 Å². The summed E-state index contributed by atoms with van der Waals surface area (Å²) in [5.74, 6) is -1.91. The minimum atomic E-state index is -2.52. The number of rotatable bonds is 5. The number of hydrogen-bond acceptors (Lipinski definition) is 4. The van der Waals surface area contributed by atoms with Gasteiger partial charge in [0.05, 0.1) is 6.10 Å². The van der Waals surface area contributed by atoms with Crippen molar-refractivity contribution in [2.75, 3.05) is 19.0 Å². The van der Waals surface area contributed by atoms with E-state index in [4.69, 9.17) is 16.3 Å². The molecule has 1 aliphatic carbocycles. The van der Waals surface area contributed by atoms with Gasteiger partial charge in [-0.25, -0.2) is 18.7 Å². The molecule has 1 aromatic rings. The quantitative estimate of drug-likeness (QED) is 0.906. The molecule has 1 fully saturated rings. The number of aromatic nitrogens is 2. The molecule has 1 aromatic heterocycles. The zero-order valence-corrected chi connectivity index (χ0v) is 12.0. The Balaban J connectivity index is 1.88. The fourth-order valence-corrected chi connectivity index (χ4v) is 2.69. The van der Waals surface area contributed by atoms with E-state index >= 15 is 0 Å². The maximum Gasteiger partial charge on any atom is 0.248 e. The van der Waals surface area contributed by atoms with Crippen LogP contribution in [0.15, 0.2) is 12.4 Å². The standard InChI is InChI=1S/C13H18ClF2N3O/c1-20-10(9-2-4-13(15,16)5-3-9)8-19-12-11(14)17-6-7-18-12/h6-7,9-10H,2-5,8H2,1H3,(H,18,19). The molecule has 0 amide bonds. The molecule has 2 rings (SSSR count). The number of methoxy groups -OCH3 is 1. The van der Waals surface area contributed by atoms with Crippen molar-refractivity contribution in [3.63, 3.8) is 0 Å². The monoisotopic (exact) mass is 305 g/mol. The number of ether oxygens (including phenoxy) is 1. The van der Waals surface area contributed by atoms with Gasteiger partial charge in [-0.05, 0) is 18.8 Å². The van der Waals surface area contributed by atoms with E-state index < -0.39 is 5.92 Å². The fraction of sp³-hybridized carbons (Fsp3) is 0.692. The molecule has 0 aliphatic heterocycles. The summed E-state index contributed by atoms with van der Waals surface area (Å²) in [4.78, 5) is 7.99. The van der Waals surface area contributed by atoms with E-state index in [1.807, 2.05) is 0 Å². The first-order chi connectivity index (χ1) is 9.52. The van der Waals surface area contributed by atoms with Crippen molar-refractivity contribution in [3.05, 3.63) is 17.5 Å². The maximum absolute atomic E-state index is 13.2. The first-order valence-corrected chi connectivity index (χ1v) is 7.00. The Morgan fingerprint density at radius 2 is 2.05 bits per heavy atom. The molecular weight excluding hydrogens is 288 g/mol. The third-order valence-corrected chi connectivity index (χ3v) is 3.99. The second kappa shape index (κ2) is 6.63. The fourth-order valence-electron chi connectivity index (χ4n) is 2.51. The Hall–Kier alpha value is -1.01. The van der Waals surface area contributed by atoms with Crippen LogP contribution in [0.2, 0.25) is 5.15 Å². The van der Waals surface area contributed by atoms with Crippen molar-refractivity contribution in [2.45, 2.75) is 37.7 Å². The van der Waals surface area contributed by atoms with Crippen LogP contribution in [0.25, 0.3) is 0 Å². The van der Waals surface area contributed by atoms with E-state index in [1.165, 1.54) is 12.4 Å². The van der Waals surface area contributed by atoms with Crippen LogP contribution in [0.3, 0.4) is 0 Å². The molecule has 7 heteroatoms. The predicted molar refractivity (Wildman–Crippen MR) is 73.2 cm³/mol. The summed E-state index contributed by atoms with van der Waals surface area (Å²) in [5.41, 5.74) is 0. The van der Waals surface area contributed by atoms with Gasteiger partial charge in [-0.2, -0.15) is 0 Å². The summed E-state index contributed by atoms with van der Waals surface area (Å²) in [5, 5.41) is 3.35. The lowest BCUT2D eigenvalue weighted by molar-refractivity contribution is -0.0659. The van der Waals surface area contributed by atoms with Crippen LogP contribution in [0.4, 0.5) is 14.6 Å². The number of halogens is 3. The van der Waals surface area contributed by atoms with Crippen LogP contribution in [-0.2, 0) is 4.74 Å². The molecule has 0 radical (unpaired) electrons. The van der Waals surface area contributed by atoms with Crippen molar-refractivity contribution < 1.29 is 13.5 Å². The van der Waals surface area contributed by atoms with Crippen LogP contribution >= 0.6 is 11.6 Å². The van der Waals surface area contributed by atoms with Gasteiger partial charge in [0.25, 0.3) is 0 Å². The van der Waals surface area contributed by atoms with Gasteiger partial charge in [0.15, 0.2) is 11.0 Å². The van der Waals surface area contributed by atoms with E-state index in [0.29, 0.717) is 25.2 Å². The van der Waals surface area contributed by atoms with Gasteiger partial charge in [-0.15, -0.1) is 0 Å². The van der Waals surface area contributed by atoms with Crippen molar-refractivity contribution >= 4 is 17.4 Å². The van der Waals surface area contributed by atoms with E-state index in [9.17, 15) is 8.78 Å². The van der Waals surface area contributed by atoms with Gasteiger partial charge >= 0.3 is 0 Å². The average molecular weight is 306 g/mol. The lowest BCUT2D eigenvalue weighted by atomic mass is 9.83. The molecule has 0 saturated heterocycles. The highest BCUT2D eigenvalue weighted by Gasteiger charge is 2.37. The zero-order chi connectivity index (χ0) is 14.6. The smallest absolute Gasteiger partial charge is 0.248 e. The van der Waals surface area contributed by atoms with Gasteiger partial charge in [0, 0.05) is 38.9 Å². The van der Waals surface area contributed by atoms with Crippen molar-refractivity contribution in [3.8, 4) is 0 Å². The molecule has 1 aliphatic rings. The second-order valence-electron chi connectivity index (χ2n) is 5.04. The lowest BCUT2D eigenvalue weighted by Crippen LogP contribution is -2.36. The summed E-state index contributed by atoms with van der Waals surface area (Å²) < 4.78 is 31.7.